The Morgan fingerprint density at radius 1 is 1.04 bits per heavy atom. The van der Waals surface area contributed by atoms with E-state index < -0.39 is 48.2 Å². The third kappa shape index (κ3) is 3.81. The molecule has 1 heterocycles. The van der Waals surface area contributed by atoms with E-state index >= 15 is 0 Å². The Hall–Kier alpha value is -2.22. The standard InChI is InChI=1S/C16H20O8/c1-7-5-11(20)14-13(7)16(23-10(4)19)24-12(6-21-8(2)17)15(14)22-9(3)18/h5,12-16H,6H2,1-4H3/t12-,13-,14+,15-,16+/m1/s1. The highest BCUT2D eigenvalue weighted by molar-refractivity contribution is 5.96. The average Bonchev–Trinajstić information content (AvgIpc) is 2.74. The van der Waals surface area contributed by atoms with Crippen LogP contribution in [0.5, 0.6) is 0 Å². The zero-order valence-electron chi connectivity index (χ0n) is 13.9. The molecule has 0 aromatic rings. The van der Waals surface area contributed by atoms with Crippen molar-refractivity contribution in [1.82, 2.24) is 0 Å². The predicted octanol–water partition coefficient (Wildman–Crippen LogP) is 0.531. The van der Waals surface area contributed by atoms with Gasteiger partial charge in [0.2, 0.25) is 6.29 Å². The Morgan fingerprint density at radius 2 is 1.67 bits per heavy atom. The van der Waals surface area contributed by atoms with Gasteiger partial charge in [0.05, 0.1) is 11.8 Å². The Bertz CT molecular complexity index is 593. The maximum Gasteiger partial charge on any atom is 0.304 e. The summed E-state index contributed by atoms with van der Waals surface area (Å²) in [7, 11) is 0. The first-order chi connectivity index (χ1) is 11.2. The fourth-order valence-corrected chi connectivity index (χ4v) is 3.13. The minimum atomic E-state index is -1.01. The molecule has 0 saturated carbocycles. The molecule has 1 aliphatic heterocycles. The van der Waals surface area contributed by atoms with E-state index in [2.05, 4.69) is 0 Å². The Balaban J connectivity index is 2.32. The molecule has 1 fully saturated rings. The van der Waals surface area contributed by atoms with Crippen molar-refractivity contribution < 1.29 is 38.1 Å². The lowest BCUT2D eigenvalue weighted by Gasteiger charge is -2.42. The van der Waals surface area contributed by atoms with Crippen LogP contribution in [0.25, 0.3) is 0 Å². The third-order valence-corrected chi connectivity index (χ3v) is 3.97. The minimum absolute atomic E-state index is 0.222. The van der Waals surface area contributed by atoms with Crippen LogP contribution in [0.3, 0.4) is 0 Å². The molecule has 24 heavy (non-hydrogen) atoms. The Morgan fingerprint density at radius 3 is 2.21 bits per heavy atom. The first-order valence-electron chi connectivity index (χ1n) is 7.56. The van der Waals surface area contributed by atoms with Gasteiger partial charge in [-0.3, -0.25) is 19.2 Å². The van der Waals surface area contributed by atoms with Crippen molar-refractivity contribution in [2.75, 3.05) is 6.61 Å². The zero-order valence-corrected chi connectivity index (χ0v) is 13.9. The van der Waals surface area contributed by atoms with Crippen LogP contribution >= 0.6 is 0 Å². The topological polar surface area (TPSA) is 105 Å². The normalized spacial score (nSPS) is 31.8. The van der Waals surface area contributed by atoms with E-state index in [-0.39, 0.29) is 12.4 Å². The minimum Gasteiger partial charge on any atom is -0.463 e. The number of hydrogen-bond acceptors (Lipinski definition) is 8. The molecule has 1 saturated heterocycles. The molecule has 2 aliphatic rings. The van der Waals surface area contributed by atoms with Crippen molar-refractivity contribution in [3.8, 4) is 0 Å². The first-order valence-corrected chi connectivity index (χ1v) is 7.56. The van der Waals surface area contributed by atoms with E-state index in [0.717, 1.165) is 0 Å². The van der Waals surface area contributed by atoms with Crippen LogP contribution in [0, 0.1) is 11.8 Å². The molecule has 0 amide bonds. The molecule has 1 aliphatic carbocycles. The number of rotatable bonds is 4. The summed E-state index contributed by atoms with van der Waals surface area (Å²) in [5.74, 6) is -3.22. The largest absolute Gasteiger partial charge is 0.463 e. The second-order valence-corrected chi connectivity index (χ2v) is 5.87. The van der Waals surface area contributed by atoms with Crippen molar-refractivity contribution in [1.29, 1.82) is 0 Å². The number of ether oxygens (including phenoxy) is 4. The van der Waals surface area contributed by atoms with Gasteiger partial charge in [0, 0.05) is 20.8 Å². The van der Waals surface area contributed by atoms with Crippen LogP contribution in [-0.4, -0.2) is 48.8 Å². The number of allylic oxidation sites excluding steroid dienone is 1. The molecule has 0 aromatic heterocycles. The molecule has 8 heteroatoms. The molecule has 0 N–H and O–H groups in total. The Labute approximate surface area is 139 Å². The molecule has 132 valence electrons. The third-order valence-electron chi connectivity index (χ3n) is 3.97. The van der Waals surface area contributed by atoms with Crippen molar-refractivity contribution in [2.24, 2.45) is 11.8 Å². The zero-order chi connectivity index (χ0) is 18.0. The first kappa shape index (κ1) is 18.1. The highest BCUT2D eigenvalue weighted by atomic mass is 16.7. The summed E-state index contributed by atoms with van der Waals surface area (Å²) in [6, 6.07) is 0. The van der Waals surface area contributed by atoms with Gasteiger partial charge < -0.3 is 18.9 Å². The van der Waals surface area contributed by atoms with Gasteiger partial charge in [0.15, 0.2) is 5.78 Å². The van der Waals surface area contributed by atoms with Gasteiger partial charge in [-0.25, -0.2) is 0 Å². The van der Waals surface area contributed by atoms with Crippen LogP contribution in [0.15, 0.2) is 11.6 Å². The summed E-state index contributed by atoms with van der Waals surface area (Å²) in [4.78, 5) is 46.2. The number of ketones is 1. The molecule has 2 rings (SSSR count). The van der Waals surface area contributed by atoms with E-state index in [1.165, 1.54) is 26.8 Å². The van der Waals surface area contributed by atoms with E-state index in [1.807, 2.05) is 0 Å². The van der Waals surface area contributed by atoms with Gasteiger partial charge in [-0.2, -0.15) is 0 Å². The summed E-state index contributed by atoms with van der Waals surface area (Å²) in [6.07, 6.45) is -1.42. The van der Waals surface area contributed by atoms with E-state index in [9.17, 15) is 19.2 Å². The lowest BCUT2D eigenvalue weighted by atomic mass is 9.81. The number of fused-ring (bicyclic) bond motifs is 1. The highest BCUT2D eigenvalue weighted by Crippen LogP contribution is 2.42. The smallest absolute Gasteiger partial charge is 0.304 e. The van der Waals surface area contributed by atoms with Gasteiger partial charge in [0.25, 0.3) is 0 Å². The maximum atomic E-state index is 12.4. The van der Waals surface area contributed by atoms with Crippen molar-refractivity contribution >= 4 is 23.7 Å². The molecular formula is C16H20O8. The summed E-state index contributed by atoms with van der Waals surface area (Å²) >= 11 is 0. The van der Waals surface area contributed by atoms with Gasteiger partial charge >= 0.3 is 17.9 Å². The second-order valence-electron chi connectivity index (χ2n) is 5.87. The quantitative estimate of drug-likeness (QED) is 0.539. The lowest BCUT2D eigenvalue weighted by molar-refractivity contribution is -0.259. The molecular weight excluding hydrogens is 320 g/mol. The summed E-state index contributed by atoms with van der Waals surface area (Å²) < 4.78 is 21.1. The summed E-state index contributed by atoms with van der Waals surface area (Å²) in [5, 5.41) is 0. The summed E-state index contributed by atoms with van der Waals surface area (Å²) in [5.41, 5.74) is 0.680. The monoisotopic (exact) mass is 340 g/mol. The van der Waals surface area contributed by atoms with E-state index in [4.69, 9.17) is 18.9 Å². The SMILES string of the molecule is CC(=O)OC[C@H]1O[C@H](OC(C)=O)[C@@H]2C(C)=CC(=O)[C@@H]2[C@@H]1OC(C)=O. The molecule has 8 nitrogen and oxygen atoms in total. The Kier molecular flexibility index (Phi) is 5.38. The van der Waals surface area contributed by atoms with Crippen molar-refractivity contribution in [3.63, 3.8) is 0 Å². The fourth-order valence-electron chi connectivity index (χ4n) is 3.13. The molecule has 0 radical (unpaired) electrons. The van der Waals surface area contributed by atoms with Gasteiger partial charge in [-0.1, -0.05) is 5.57 Å². The van der Waals surface area contributed by atoms with Crippen LogP contribution in [0.4, 0.5) is 0 Å². The van der Waals surface area contributed by atoms with Gasteiger partial charge in [0.1, 0.15) is 18.8 Å². The average molecular weight is 340 g/mol. The lowest BCUT2D eigenvalue weighted by Crippen LogP contribution is -2.56. The molecule has 0 bridgehead atoms. The second kappa shape index (κ2) is 7.12. The van der Waals surface area contributed by atoms with Crippen LogP contribution in [0.1, 0.15) is 27.7 Å². The van der Waals surface area contributed by atoms with Crippen LogP contribution in [-0.2, 0) is 38.1 Å². The predicted molar refractivity (Wildman–Crippen MR) is 78.4 cm³/mol. The van der Waals surface area contributed by atoms with Crippen molar-refractivity contribution in [3.05, 3.63) is 11.6 Å². The van der Waals surface area contributed by atoms with Crippen molar-refractivity contribution in [2.45, 2.75) is 46.2 Å². The highest BCUT2D eigenvalue weighted by Gasteiger charge is 2.55. The molecule has 0 unspecified atom stereocenters. The molecule has 0 spiro atoms. The van der Waals surface area contributed by atoms with E-state index in [0.29, 0.717) is 5.57 Å². The van der Waals surface area contributed by atoms with Crippen LogP contribution in [0.2, 0.25) is 0 Å². The number of carbonyl (C=O) groups excluding carboxylic acids is 4. The number of esters is 3. The van der Waals surface area contributed by atoms with Crippen LogP contribution < -0.4 is 0 Å². The molecule has 0 aromatic carbocycles. The molecule has 5 atom stereocenters. The fraction of sp³-hybridized carbons (Fsp3) is 0.625. The van der Waals surface area contributed by atoms with E-state index in [1.54, 1.807) is 6.92 Å². The number of hydrogen-bond donors (Lipinski definition) is 0. The van der Waals surface area contributed by atoms with Gasteiger partial charge in [-0.15, -0.1) is 0 Å². The van der Waals surface area contributed by atoms with Gasteiger partial charge in [-0.05, 0) is 13.0 Å². The summed E-state index contributed by atoms with van der Waals surface area (Å²) in [6.45, 7) is 5.17. The maximum absolute atomic E-state index is 12.4. The number of carbonyl (C=O) groups is 4.